The molecule has 19 heavy (non-hydrogen) atoms. The number of ether oxygens (including phenoxy) is 1. The zero-order valence-corrected chi connectivity index (χ0v) is 11.4. The van der Waals surface area contributed by atoms with Gasteiger partial charge in [0.2, 0.25) is 0 Å². The van der Waals surface area contributed by atoms with Crippen LogP contribution in [0.2, 0.25) is 0 Å². The fourth-order valence-electron chi connectivity index (χ4n) is 1.65. The van der Waals surface area contributed by atoms with E-state index in [4.69, 9.17) is 4.74 Å². The maximum Gasteiger partial charge on any atom is 0.255 e. The van der Waals surface area contributed by atoms with Crippen LogP contribution in [0.25, 0.3) is 0 Å². The molecule has 0 saturated heterocycles. The second-order valence-electron chi connectivity index (χ2n) is 3.92. The Balaban J connectivity index is 2.16. The minimum Gasteiger partial charge on any atom is -0.504 e. The van der Waals surface area contributed by atoms with Crippen LogP contribution in [0.3, 0.4) is 0 Å². The normalized spacial score (nSPS) is 11.9. The lowest BCUT2D eigenvalue weighted by Gasteiger charge is -2.13. The highest BCUT2D eigenvalue weighted by atomic mass is 32.1. The van der Waals surface area contributed by atoms with Crippen LogP contribution >= 0.6 is 11.3 Å². The zero-order valence-electron chi connectivity index (χ0n) is 10.6. The number of carbonyl (C=O) groups is 1. The number of nitrogens with zero attached hydrogens (tertiary/aromatic N) is 1. The minimum atomic E-state index is -0.362. The molecule has 0 fully saturated rings. The Bertz CT molecular complexity index is 569. The molecule has 6 heteroatoms. The van der Waals surface area contributed by atoms with Gasteiger partial charge in [-0.1, -0.05) is 6.07 Å². The number of methoxy groups -OCH3 is 1. The molecule has 1 heterocycles. The van der Waals surface area contributed by atoms with Crippen LogP contribution in [0.5, 0.6) is 11.5 Å². The van der Waals surface area contributed by atoms with Crippen molar-refractivity contribution in [2.75, 3.05) is 7.11 Å². The predicted octanol–water partition coefficient (Wildman–Crippen LogP) is 2.35. The highest BCUT2D eigenvalue weighted by Gasteiger charge is 2.18. The molecule has 1 aromatic carbocycles. The first-order valence-electron chi connectivity index (χ1n) is 5.69. The van der Waals surface area contributed by atoms with Gasteiger partial charge in [-0.2, -0.15) is 0 Å². The average Bonchev–Trinajstić information content (AvgIpc) is 2.92. The predicted molar refractivity (Wildman–Crippen MR) is 72.7 cm³/mol. The van der Waals surface area contributed by atoms with Gasteiger partial charge < -0.3 is 15.2 Å². The summed E-state index contributed by atoms with van der Waals surface area (Å²) in [7, 11) is 1.44. The summed E-state index contributed by atoms with van der Waals surface area (Å²) in [5, 5.41) is 15.4. The average molecular weight is 278 g/mol. The first-order chi connectivity index (χ1) is 9.13. The van der Waals surface area contributed by atoms with Crippen LogP contribution < -0.4 is 10.1 Å². The molecule has 0 aliphatic heterocycles. The smallest absolute Gasteiger partial charge is 0.255 e. The van der Waals surface area contributed by atoms with E-state index in [1.54, 1.807) is 24.4 Å². The number of hydrogen-bond acceptors (Lipinski definition) is 5. The Kier molecular flexibility index (Phi) is 4.01. The Labute approximate surface area is 114 Å². The van der Waals surface area contributed by atoms with E-state index in [1.807, 2.05) is 12.3 Å². The molecule has 0 saturated carbocycles. The van der Waals surface area contributed by atoms with Crippen LogP contribution in [-0.4, -0.2) is 23.1 Å². The Morgan fingerprint density at radius 2 is 2.32 bits per heavy atom. The number of phenolic OH excluding ortho intramolecular Hbond substituents is 1. The first kappa shape index (κ1) is 13.4. The van der Waals surface area contributed by atoms with Gasteiger partial charge in [0.05, 0.1) is 18.7 Å². The second kappa shape index (κ2) is 5.71. The molecule has 2 N–H and O–H groups in total. The van der Waals surface area contributed by atoms with Crippen molar-refractivity contribution in [3.63, 3.8) is 0 Å². The van der Waals surface area contributed by atoms with E-state index in [0.29, 0.717) is 0 Å². The minimum absolute atomic E-state index is 0.158. The summed E-state index contributed by atoms with van der Waals surface area (Å²) in [6.07, 6.45) is 1.69. The topological polar surface area (TPSA) is 71.5 Å². The molecular weight excluding hydrogens is 264 g/mol. The van der Waals surface area contributed by atoms with Crippen molar-refractivity contribution in [2.45, 2.75) is 13.0 Å². The van der Waals surface area contributed by atoms with Gasteiger partial charge in [-0.25, -0.2) is 4.98 Å². The molecule has 0 aliphatic carbocycles. The molecule has 0 aliphatic rings. The Morgan fingerprint density at radius 1 is 1.53 bits per heavy atom. The summed E-state index contributed by atoms with van der Waals surface area (Å²) in [5.74, 6) is -0.248. The van der Waals surface area contributed by atoms with Crippen LogP contribution in [0.1, 0.15) is 28.3 Å². The van der Waals surface area contributed by atoms with Crippen molar-refractivity contribution in [1.29, 1.82) is 0 Å². The molecular formula is C13H14N2O3S. The Morgan fingerprint density at radius 3 is 2.95 bits per heavy atom. The lowest BCUT2D eigenvalue weighted by Crippen LogP contribution is -2.26. The van der Waals surface area contributed by atoms with E-state index in [1.165, 1.54) is 18.4 Å². The van der Waals surface area contributed by atoms with Crippen molar-refractivity contribution in [1.82, 2.24) is 10.3 Å². The third kappa shape index (κ3) is 2.85. The summed E-state index contributed by atoms with van der Waals surface area (Å²) in [4.78, 5) is 16.2. The monoisotopic (exact) mass is 278 g/mol. The molecule has 5 nitrogen and oxygen atoms in total. The largest absolute Gasteiger partial charge is 0.504 e. The van der Waals surface area contributed by atoms with Gasteiger partial charge in [0.1, 0.15) is 5.01 Å². The van der Waals surface area contributed by atoms with E-state index in [9.17, 15) is 9.90 Å². The summed E-state index contributed by atoms with van der Waals surface area (Å²) in [5.41, 5.74) is 0.183. The highest BCUT2D eigenvalue weighted by Crippen LogP contribution is 2.29. The van der Waals surface area contributed by atoms with E-state index in [2.05, 4.69) is 10.3 Å². The van der Waals surface area contributed by atoms with Crippen molar-refractivity contribution in [2.24, 2.45) is 0 Å². The van der Waals surface area contributed by atoms with Crippen molar-refractivity contribution >= 4 is 17.2 Å². The fourth-order valence-corrected chi connectivity index (χ4v) is 2.30. The first-order valence-corrected chi connectivity index (χ1v) is 6.57. The number of carbonyl (C=O) groups excluding carboxylic acids is 1. The van der Waals surface area contributed by atoms with E-state index in [-0.39, 0.29) is 29.0 Å². The number of thiazole rings is 1. The molecule has 100 valence electrons. The summed E-state index contributed by atoms with van der Waals surface area (Å²) < 4.78 is 4.97. The molecule has 2 aromatic rings. The maximum atomic E-state index is 12.1. The molecule has 1 atom stereocenters. The number of aromatic hydroxyl groups is 1. The van der Waals surface area contributed by atoms with E-state index >= 15 is 0 Å². The lowest BCUT2D eigenvalue weighted by molar-refractivity contribution is 0.0936. The van der Waals surface area contributed by atoms with Gasteiger partial charge in [-0.3, -0.25) is 4.79 Å². The Hall–Kier alpha value is -2.08. The number of aromatic nitrogens is 1. The number of benzene rings is 1. The molecule has 0 bridgehead atoms. The second-order valence-corrected chi connectivity index (χ2v) is 4.85. The fraction of sp³-hybridized carbons (Fsp3) is 0.231. The molecule has 2 rings (SSSR count). The quantitative estimate of drug-likeness (QED) is 0.900. The van der Waals surface area contributed by atoms with Crippen LogP contribution in [0.4, 0.5) is 0 Å². The van der Waals surface area contributed by atoms with Gasteiger partial charge in [0.15, 0.2) is 11.5 Å². The maximum absolute atomic E-state index is 12.1. The standard InChI is InChI=1S/C13H14N2O3S/c1-8(13-14-6-7-19-13)15-12(17)9-4-3-5-10(18-2)11(9)16/h3-8,16H,1-2H3,(H,15,17). The zero-order chi connectivity index (χ0) is 13.8. The number of nitrogens with one attached hydrogen (secondary N) is 1. The molecule has 0 radical (unpaired) electrons. The number of amides is 1. The van der Waals surface area contributed by atoms with Crippen molar-refractivity contribution in [3.05, 3.63) is 40.3 Å². The summed E-state index contributed by atoms with van der Waals surface area (Å²) in [6, 6.07) is 4.58. The highest BCUT2D eigenvalue weighted by molar-refractivity contribution is 7.09. The van der Waals surface area contributed by atoms with Gasteiger partial charge in [-0.15, -0.1) is 11.3 Å². The van der Waals surface area contributed by atoms with Crippen molar-refractivity contribution < 1.29 is 14.6 Å². The van der Waals surface area contributed by atoms with Gasteiger partial charge >= 0.3 is 0 Å². The number of para-hydroxylation sites is 1. The number of rotatable bonds is 4. The number of hydrogen-bond donors (Lipinski definition) is 2. The molecule has 1 aromatic heterocycles. The molecule has 0 spiro atoms. The lowest BCUT2D eigenvalue weighted by atomic mass is 10.1. The van der Waals surface area contributed by atoms with E-state index < -0.39 is 0 Å². The molecule has 1 amide bonds. The third-order valence-corrected chi connectivity index (χ3v) is 3.59. The summed E-state index contributed by atoms with van der Waals surface area (Å²) in [6.45, 7) is 1.84. The summed E-state index contributed by atoms with van der Waals surface area (Å²) >= 11 is 1.47. The van der Waals surface area contributed by atoms with Gasteiger partial charge in [0.25, 0.3) is 5.91 Å². The van der Waals surface area contributed by atoms with Crippen LogP contribution in [0, 0.1) is 0 Å². The van der Waals surface area contributed by atoms with Gasteiger partial charge in [0, 0.05) is 11.6 Å². The third-order valence-electron chi connectivity index (χ3n) is 2.63. The van der Waals surface area contributed by atoms with Crippen LogP contribution in [-0.2, 0) is 0 Å². The molecule has 1 unspecified atom stereocenters. The number of phenols is 1. The van der Waals surface area contributed by atoms with Gasteiger partial charge in [-0.05, 0) is 19.1 Å². The van der Waals surface area contributed by atoms with Crippen molar-refractivity contribution in [3.8, 4) is 11.5 Å². The van der Waals surface area contributed by atoms with E-state index in [0.717, 1.165) is 5.01 Å². The SMILES string of the molecule is COc1cccc(C(=O)NC(C)c2nccs2)c1O. The van der Waals surface area contributed by atoms with Crippen LogP contribution in [0.15, 0.2) is 29.8 Å².